The van der Waals surface area contributed by atoms with Gasteiger partial charge in [-0.15, -0.1) is 0 Å². The van der Waals surface area contributed by atoms with Gasteiger partial charge in [0.25, 0.3) is 0 Å². The third-order valence-corrected chi connectivity index (χ3v) is 2.81. The average Bonchev–Trinajstić information content (AvgIpc) is 2.35. The third kappa shape index (κ3) is 2.36. The summed E-state index contributed by atoms with van der Waals surface area (Å²) < 4.78 is 0. The molecule has 0 saturated carbocycles. The molecule has 0 aliphatic rings. The smallest absolute Gasteiger partial charge is 0.172 e. The van der Waals surface area contributed by atoms with E-state index in [1.165, 1.54) is 0 Å². The van der Waals surface area contributed by atoms with E-state index in [0.717, 1.165) is 11.0 Å². The van der Waals surface area contributed by atoms with Gasteiger partial charge in [0.15, 0.2) is 11.6 Å². The Hall–Kier alpha value is -1.88. The number of nitrogens with two attached hydrogens (primary N) is 1. The molecular weight excluding hydrogens is 228 g/mol. The highest BCUT2D eigenvalue weighted by Gasteiger charge is 2.16. The Morgan fingerprint density at radius 3 is 2.39 bits per heavy atom. The van der Waals surface area contributed by atoms with E-state index in [2.05, 4.69) is 9.97 Å². The van der Waals surface area contributed by atoms with Crippen LogP contribution in [-0.4, -0.2) is 34.3 Å². The number of nitrogens with zero attached hydrogens (tertiary/aromatic N) is 3. The maximum Gasteiger partial charge on any atom is 0.172 e. The van der Waals surface area contributed by atoms with Gasteiger partial charge in [0.2, 0.25) is 0 Å². The van der Waals surface area contributed by atoms with Crippen molar-refractivity contribution in [1.29, 1.82) is 0 Å². The summed E-state index contributed by atoms with van der Waals surface area (Å²) in [5, 5.41) is 9.12. The molecule has 1 aromatic heterocycles. The van der Waals surface area contributed by atoms with Crippen LogP contribution in [-0.2, 0) is 0 Å². The van der Waals surface area contributed by atoms with Crippen LogP contribution in [0.4, 0.5) is 11.6 Å². The molecule has 18 heavy (non-hydrogen) atoms. The zero-order chi connectivity index (χ0) is 13.1. The Morgan fingerprint density at radius 2 is 1.83 bits per heavy atom. The first-order valence-corrected chi connectivity index (χ1v) is 6.03. The largest absolute Gasteiger partial charge is 0.395 e. The molecule has 0 atom stereocenters. The molecule has 0 aliphatic carbocycles. The van der Waals surface area contributed by atoms with E-state index in [1.807, 2.05) is 43.0 Å². The van der Waals surface area contributed by atoms with Gasteiger partial charge in [0, 0.05) is 12.6 Å². The van der Waals surface area contributed by atoms with Gasteiger partial charge in [-0.3, -0.25) is 0 Å². The van der Waals surface area contributed by atoms with Gasteiger partial charge in [-0.1, -0.05) is 12.1 Å². The van der Waals surface area contributed by atoms with E-state index >= 15 is 0 Å². The Labute approximate surface area is 106 Å². The summed E-state index contributed by atoms with van der Waals surface area (Å²) in [5.41, 5.74) is 7.55. The second-order valence-corrected chi connectivity index (χ2v) is 4.43. The van der Waals surface area contributed by atoms with E-state index in [1.54, 1.807) is 0 Å². The molecule has 0 saturated heterocycles. The van der Waals surface area contributed by atoms with Gasteiger partial charge in [0.1, 0.15) is 0 Å². The van der Waals surface area contributed by atoms with Gasteiger partial charge >= 0.3 is 0 Å². The van der Waals surface area contributed by atoms with Crippen LogP contribution in [0.15, 0.2) is 24.3 Å². The molecule has 96 valence electrons. The van der Waals surface area contributed by atoms with E-state index in [4.69, 9.17) is 10.8 Å². The number of hydrogen-bond acceptors (Lipinski definition) is 5. The van der Waals surface area contributed by atoms with Crippen LogP contribution in [0, 0.1) is 0 Å². The minimum Gasteiger partial charge on any atom is -0.395 e. The normalized spacial score (nSPS) is 11.1. The number of hydrogen-bond donors (Lipinski definition) is 2. The minimum atomic E-state index is 0.0616. The summed E-state index contributed by atoms with van der Waals surface area (Å²) in [4.78, 5) is 10.8. The highest BCUT2D eigenvalue weighted by molar-refractivity contribution is 5.79. The van der Waals surface area contributed by atoms with E-state index in [-0.39, 0.29) is 12.6 Å². The first-order valence-electron chi connectivity index (χ1n) is 6.03. The van der Waals surface area contributed by atoms with E-state index in [0.29, 0.717) is 18.2 Å². The lowest BCUT2D eigenvalue weighted by molar-refractivity contribution is 0.298. The SMILES string of the molecule is CC(C)N(CCO)c1nc2ccccc2nc1N. The predicted octanol–water partition coefficient (Wildman–Crippen LogP) is 1.42. The lowest BCUT2D eigenvalue weighted by atomic mass is 10.2. The molecule has 1 heterocycles. The molecule has 2 aromatic rings. The third-order valence-electron chi connectivity index (χ3n) is 2.81. The summed E-state index contributed by atoms with van der Waals surface area (Å²) in [6, 6.07) is 7.82. The standard InChI is InChI=1S/C13H18N4O/c1-9(2)17(7-8-18)13-12(14)15-10-5-3-4-6-11(10)16-13/h3-6,9,18H,7-8H2,1-2H3,(H2,14,15). The molecule has 0 aliphatic heterocycles. The lowest BCUT2D eigenvalue weighted by Gasteiger charge is -2.27. The first kappa shape index (κ1) is 12.6. The van der Waals surface area contributed by atoms with Gasteiger partial charge < -0.3 is 15.7 Å². The fourth-order valence-corrected chi connectivity index (χ4v) is 1.93. The molecule has 0 bridgehead atoms. The number of anilines is 2. The van der Waals surface area contributed by atoms with Crippen LogP contribution in [0.1, 0.15) is 13.8 Å². The number of benzene rings is 1. The molecule has 3 N–H and O–H groups in total. The molecule has 2 rings (SSSR count). The number of aliphatic hydroxyl groups is 1. The summed E-state index contributed by atoms with van der Waals surface area (Å²) in [6.07, 6.45) is 0. The minimum absolute atomic E-state index is 0.0616. The van der Waals surface area contributed by atoms with Crippen molar-refractivity contribution in [3.63, 3.8) is 0 Å². The van der Waals surface area contributed by atoms with Crippen molar-refractivity contribution in [2.24, 2.45) is 0 Å². The molecule has 0 amide bonds. The van der Waals surface area contributed by atoms with Crippen molar-refractivity contribution in [2.45, 2.75) is 19.9 Å². The van der Waals surface area contributed by atoms with E-state index < -0.39 is 0 Å². The van der Waals surface area contributed by atoms with Crippen LogP contribution in [0.3, 0.4) is 0 Å². The predicted molar refractivity (Wildman–Crippen MR) is 73.5 cm³/mol. The van der Waals surface area contributed by atoms with Crippen molar-refractivity contribution in [3.8, 4) is 0 Å². The highest BCUT2D eigenvalue weighted by atomic mass is 16.3. The van der Waals surface area contributed by atoms with Gasteiger partial charge in [-0.25, -0.2) is 9.97 Å². The summed E-state index contributed by atoms with van der Waals surface area (Å²) in [5.74, 6) is 1.04. The highest BCUT2D eigenvalue weighted by Crippen LogP contribution is 2.23. The Balaban J connectivity index is 2.51. The molecule has 0 fully saturated rings. The molecule has 5 nitrogen and oxygen atoms in total. The summed E-state index contributed by atoms with van der Waals surface area (Å²) in [6.45, 7) is 4.62. The molecule has 0 radical (unpaired) electrons. The monoisotopic (exact) mass is 246 g/mol. The molecule has 0 spiro atoms. The van der Waals surface area contributed by atoms with Gasteiger partial charge in [0.05, 0.1) is 17.6 Å². The maximum atomic E-state index is 9.12. The molecule has 1 aromatic carbocycles. The van der Waals surface area contributed by atoms with Crippen molar-refractivity contribution in [3.05, 3.63) is 24.3 Å². The summed E-state index contributed by atoms with van der Waals surface area (Å²) >= 11 is 0. The quantitative estimate of drug-likeness (QED) is 0.853. The number of nitrogen functional groups attached to an aromatic ring is 1. The second-order valence-electron chi connectivity index (χ2n) is 4.43. The average molecular weight is 246 g/mol. The fraction of sp³-hybridized carbons (Fsp3) is 0.385. The number of fused-ring (bicyclic) bond motifs is 1. The Bertz CT molecular complexity index is 542. The van der Waals surface area contributed by atoms with Crippen LogP contribution in [0.2, 0.25) is 0 Å². The Kier molecular flexibility index (Phi) is 3.62. The van der Waals surface area contributed by atoms with Crippen LogP contribution < -0.4 is 10.6 Å². The van der Waals surface area contributed by atoms with Gasteiger partial charge in [-0.05, 0) is 26.0 Å². The molecule has 0 unspecified atom stereocenters. The second kappa shape index (κ2) is 5.18. The van der Waals surface area contributed by atoms with Crippen molar-refractivity contribution >= 4 is 22.7 Å². The van der Waals surface area contributed by atoms with Crippen molar-refractivity contribution in [1.82, 2.24) is 9.97 Å². The van der Waals surface area contributed by atoms with Crippen LogP contribution in [0.25, 0.3) is 11.0 Å². The van der Waals surface area contributed by atoms with Crippen molar-refractivity contribution < 1.29 is 5.11 Å². The topological polar surface area (TPSA) is 75.3 Å². The Morgan fingerprint density at radius 1 is 1.22 bits per heavy atom. The molecular formula is C13H18N4O. The number of aliphatic hydroxyl groups excluding tert-OH is 1. The van der Waals surface area contributed by atoms with Crippen LogP contribution >= 0.6 is 0 Å². The number of para-hydroxylation sites is 2. The zero-order valence-electron chi connectivity index (χ0n) is 10.7. The summed E-state index contributed by atoms with van der Waals surface area (Å²) in [7, 11) is 0. The molecule has 5 heteroatoms. The first-order chi connectivity index (χ1) is 8.63. The van der Waals surface area contributed by atoms with Crippen LogP contribution in [0.5, 0.6) is 0 Å². The number of rotatable bonds is 4. The number of aromatic nitrogens is 2. The maximum absolute atomic E-state index is 9.12. The van der Waals surface area contributed by atoms with E-state index in [9.17, 15) is 0 Å². The zero-order valence-corrected chi connectivity index (χ0v) is 10.7. The van der Waals surface area contributed by atoms with Crippen molar-refractivity contribution in [2.75, 3.05) is 23.8 Å². The van der Waals surface area contributed by atoms with Gasteiger partial charge in [-0.2, -0.15) is 0 Å². The fourth-order valence-electron chi connectivity index (χ4n) is 1.93. The lowest BCUT2D eigenvalue weighted by Crippen LogP contribution is -2.35.